The Bertz CT molecular complexity index is 364. The van der Waals surface area contributed by atoms with E-state index in [1.54, 1.807) is 7.11 Å². The topological polar surface area (TPSA) is 35.2 Å². The summed E-state index contributed by atoms with van der Waals surface area (Å²) < 4.78 is 5.09. The van der Waals surface area contributed by atoms with Crippen molar-refractivity contribution >= 4 is 0 Å². The van der Waals surface area contributed by atoms with Gasteiger partial charge in [0.25, 0.3) is 0 Å². The standard InChI is InChI=1S/C15H23NO/c1-17-12-5-4-10-15(16)11-6-8-13-7-2-3-9-14(13)15/h2-3,7,9H,4-6,8,10-12,16H2,1H3. The molecule has 0 saturated carbocycles. The average molecular weight is 233 g/mol. The molecule has 0 radical (unpaired) electrons. The fourth-order valence-corrected chi connectivity index (χ4v) is 2.90. The number of hydrogen-bond acceptors (Lipinski definition) is 2. The molecule has 0 aliphatic heterocycles. The Labute approximate surface area is 104 Å². The minimum Gasteiger partial charge on any atom is -0.385 e. The van der Waals surface area contributed by atoms with Crippen LogP contribution in [0.2, 0.25) is 0 Å². The highest BCUT2D eigenvalue weighted by Crippen LogP contribution is 2.36. The summed E-state index contributed by atoms with van der Waals surface area (Å²) in [5.74, 6) is 0. The first-order chi connectivity index (χ1) is 8.26. The molecule has 1 aromatic carbocycles. The van der Waals surface area contributed by atoms with Gasteiger partial charge in [-0.2, -0.15) is 0 Å². The van der Waals surface area contributed by atoms with Crippen molar-refractivity contribution in [3.63, 3.8) is 0 Å². The number of unbranched alkanes of at least 4 members (excludes halogenated alkanes) is 1. The number of aryl methyl sites for hydroxylation is 1. The van der Waals surface area contributed by atoms with E-state index in [1.165, 1.54) is 24.0 Å². The van der Waals surface area contributed by atoms with E-state index in [0.717, 1.165) is 32.3 Å². The number of methoxy groups -OCH3 is 1. The van der Waals surface area contributed by atoms with E-state index < -0.39 is 0 Å². The van der Waals surface area contributed by atoms with Crippen molar-refractivity contribution < 1.29 is 4.74 Å². The summed E-state index contributed by atoms with van der Waals surface area (Å²) in [5.41, 5.74) is 9.35. The van der Waals surface area contributed by atoms with E-state index in [-0.39, 0.29) is 5.54 Å². The maximum absolute atomic E-state index is 6.61. The summed E-state index contributed by atoms with van der Waals surface area (Å²) in [6, 6.07) is 8.67. The molecule has 0 fully saturated rings. The molecule has 0 bridgehead atoms. The van der Waals surface area contributed by atoms with Crippen LogP contribution in [0.25, 0.3) is 0 Å². The molecule has 2 nitrogen and oxygen atoms in total. The van der Waals surface area contributed by atoms with Crippen LogP contribution in [0.15, 0.2) is 24.3 Å². The first-order valence-electron chi connectivity index (χ1n) is 6.62. The molecule has 2 rings (SSSR count). The normalized spacial score (nSPS) is 23.4. The lowest BCUT2D eigenvalue weighted by Gasteiger charge is -2.36. The van der Waals surface area contributed by atoms with Crippen molar-refractivity contribution in [3.05, 3.63) is 35.4 Å². The van der Waals surface area contributed by atoms with Gasteiger partial charge in [-0.05, 0) is 49.7 Å². The summed E-state index contributed by atoms with van der Waals surface area (Å²) in [6.45, 7) is 0.845. The first kappa shape index (κ1) is 12.6. The van der Waals surface area contributed by atoms with Gasteiger partial charge >= 0.3 is 0 Å². The van der Waals surface area contributed by atoms with Gasteiger partial charge in [0.1, 0.15) is 0 Å². The molecule has 1 aromatic rings. The quantitative estimate of drug-likeness (QED) is 0.793. The average Bonchev–Trinajstić information content (AvgIpc) is 2.36. The van der Waals surface area contributed by atoms with E-state index in [4.69, 9.17) is 10.5 Å². The maximum atomic E-state index is 6.61. The van der Waals surface area contributed by atoms with Gasteiger partial charge in [-0.15, -0.1) is 0 Å². The molecule has 94 valence electrons. The number of ether oxygens (including phenoxy) is 1. The maximum Gasteiger partial charge on any atom is 0.0462 e. The minimum absolute atomic E-state index is 0.0947. The molecule has 0 amide bonds. The van der Waals surface area contributed by atoms with E-state index in [0.29, 0.717) is 0 Å². The van der Waals surface area contributed by atoms with E-state index >= 15 is 0 Å². The SMILES string of the molecule is COCCCCC1(N)CCCc2ccccc21. The van der Waals surface area contributed by atoms with Gasteiger partial charge in [-0.1, -0.05) is 24.3 Å². The van der Waals surface area contributed by atoms with E-state index in [1.807, 2.05) is 0 Å². The minimum atomic E-state index is -0.0947. The second-order valence-electron chi connectivity index (χ2n) is 5.12. The summed E-state index contributed by atoms with van der Waals surface area (Å²) in [5, 5.41) is 0. The van der Waals surface area contributed by atoms with Crippen molar-refractivity contribution in [3.8, 4) is 0 Å². The van der Waals surface area contributed by atoms with Gasteiger partial charge in [0.15, 0.2) is 0 Å². The molecule has 0 saturated heterocycles. The molecular formula is C15H23NO. The van der Waals surface area contributed by atoms with Gasteiger partial charge in [0.05, 0.1) is 0 Å². The highest BCUT2D eigenvalue weighted by molar-refractivity contribution is 5.35. The van der Waals surface area contributed by atoms with Gasteiger partial charge < -0.3 is 10.5 Å². The van der Waals surface area contributed by atoms with Crippen LogP contribution < -0.4 is 5.73 Å². The largest absolute Gasteiger partial charge is 0.385 e. The fourth-order valence-electron chi connectivity index (χ4n) is 2.90. The number of fused-ring (bicyclic) bond motifs is 1. The van der Waals surface area contributed by atoms with Gasteiger partial charge in [-0.25, -0.2) is 0 Å². The third-order valence-electron chi connectivity index (χ3n) is 3.84. The van der Waals surface area contributed by atoms with Gasteiger partial charge in [0, 0.05) is 19.3 Å². The summed E-state index contributed by atoms with van der Waals surface area (Å²) >= 11 is 0. The van der Waals surface area contributed by atoms with E-state index in [2.05, 4.69) is 24.3 Å². The van der Waals surface area contributed by atoms with Crippen LogP contribution in [0.5, 0.6) is 0 Å². The Balaban J connectivity index is 2.05. The monoisotopic (exact) mass is 233 g/mol. The molecule has 0 spiro atoms. The van der Waals surface area contributed by atoms with Crippen molar-refractivity contribution in [2.45, 2.75) is 44.1 Å². The zero-order valence-corrected chi connectivity index (χ0v) is 10.7. The molecule has 1 aliphatic carbocycles. The van der Waals surface area contributed by atoms with Crippen LogP contribution >= 0.6 is 0 Å². The predicted octanol–water partition coefficient (Wildman–Crippen LogP) is 2.99. The van der Waals surface area contributed by atoms with Gasteiger partial charge in [0.2, 0.25) is 0 Å². The predicted molar refractivity (Wildman–Crippen MR) is 71.0 cm³/mol. The molecule has 2 heteroatoms. The molecule has 2 N–H and O–H groups in total. The lowest BCUT2D eigenvalue weighted by molar-refractivity contribution is 0.187. The van der Waals surface area contributed by atoms with Crippen LogP contribution in [-0.2, 0) is 16.7 Å². The summed E-state index contributed by atoms with van der Waals surface area (Å²) in [7, 11) is 1.76. The zero-order valence-electron chi connectivity index (χ0n) is 10.7. The van der Waals surface area contributed by atoms with Crippen LogP contribution in [0, 0.1) is 0 Å². The molecule has 1 unspecified atom stereocenters. The van der Waals surface area contributed by atoms with Crippen molar-refractivity contribution in [2.24, 2.45) is 5.73 Å². The number of hydrogen-bond donors (Lipinski definition) is 1. The number of nitrogens with two attached hydrogens (primary N) is 1. The Hall–Kier alpha value is -0.860. The first-order valence-corrected chi connectivity index (χ1v) is 6.62. The smallest absolute Gasteiger partial charge is 0.0462 e. The summed E-state index contributed by atoms with van der Waals surface area (Å²) in [6.07, 6.45) is 6.87. The molecule has 1 atom stereocenters. The second-order valence-corrected chi connectivity index (χ2v) is 5.12. The third kappa shape index (κ3) is 2.88. The van der Waals surface area contributed by atoms with Crippen molar-refractivity contribution in [1.82, 2.24) is 0 Å². The van der Waals surface area contributed by atoms with Crippen LogP contribution in [0.3, 0.4) is 0 Å². The van der Waals surface area contributed by atoms with Gasteiger partial charge in [-0.3, -0.25) is 0 Å². The fraction of sp³-hybridized carbons (Fsp3) is 0.600. The lowest BCUT2D eigenvalue weighted by Crippen LogP contribution is -2.40. The van der Waals surface area contributed by atoms with Crippen LogP contribution in [0.4, 0.5) is 0 Å². The van der Waals surface area contributed by atoms with Crippen molar-refractivity contribution in [2.75, 3.05) is 13.7 Å². The molecular weight excluding hydrogens is 210 g/mol. The molecule has 17 heavy (non-hydrogen) atoms. The zero-order chi connectivity index (χ0) is 12.1. The summed E-state index contributed by atoms with van der Waals surface area (Å²) in [4.78, 5) is 0. The third-order valence-corrected chi connectivity index (χ3v) is 3.84. The Morgan fingerprint density at radius 2 is 2.12 bits per heavy atom. The highest BCUT2D eigenvalue weighted by atomic mass is 16.5. The van der Waals surface area contributed by atoms with Crippen LogP contribution in [0.1, 0.15) is 43.2 Å². The Kier molecular flexibility index (Phi) is 4.19. The molecule has 1 aliphatic rings. The van der Waals surface area contributed by atoms with E-state index in [9.17, 15) is 0 Å². The van der Waals surface area contributed by atoms with Crippen molar-refractivity contribution in [1.29, 1.82) is 0 Å². The molecule has 0 heterocycles. The number of benzene rings is 1. The second kappa shape index (κ2) is 5.65. The molecule has 0 aromatic heterocycles. The Morgan fingerprint density at radius 3 is 2.94 bits per heavy atom. The lowest BCUT2D eigenvalue weighted by atomic mass is 9.74. The Morgan fingerprint density at radius 1 is 1.29 bits per heavy atom. The number of rotatable bonds is 5. The highest BCUT2D eigenvalue weighted by Gasteiger charge is 2.31. The van der Waals surface area contributed by atoms with Crippen LogP contribution in [-0.4, -0.2) is 13.7 Å².